The lowest BCUT2D eigenvalue weighted by molar-refractivity contribution is -0.708. The summed E-state index contributed by atoms with van der Waals surface area (Å²) < 4.78 is 10.5. The maximum Gasteiger partial charge on any atom is 0.259 e. The van der Waals surface area contributed by atoms with E-state index in [0.29, 0.717) is 39.8 Å². The van der Waals surface area contributed by atoms with Crippen LogP contribution in [0.25, 0.3) is 10.9 Å². The first-order valence-corrected chi connectivity index (χ1v) is 8.63. The summed E-state index contributed by atoms with van der Waals surface area (Å²) >= 11 is 6.05. The first-order valence-electron chi connectivity index (χ1n) is 8.25. The second-order valence-corrected chi connectivity index (χ2v) is 6.46. The summed E-state index contributed by atoms with van der Waals surface area (Å²) in [6.07, 6.45) is 0. The van der Waals surface area contributed by atoms with Crippen LogP contribution in [0.3, 0.4) is 0 Å². The van der Waals surface area contributed by atoms with Crippen LogP contribution in [0.2, 0.25) is 5.02 Å². The minimum atomic E-state index is -0.199. The van der Waals surface area contributed by atoms with E-state index in [2.05, 4.69) is 22.2 Å². The lowest BCUT2D eigenvalue weighted by Gasteiger charge is -2.12. The lowest BCUT2D eigenvalue weighted by Crippen LogP contribution is -2.83. The number of H-pyrrole nitrogens is 1. The first kappa shape index (κ1) is 18.2. The van der Waals surface area contributed by atoms with E-state index in [-0.39, 0.29) is 11.6 Å². The average molecular weight is 375 g/mol. The number of hydrogen-bond donors (Lipinski definition) is 2. The Kier molecular flexibility index (Phi) is 5.44. The van der Waals surface area contributed by atoms with Crippen molar-refractivity contribution < 1.29 is 14.8 Å². The number of benzene rings is 2. The molecule has 1 aromatic heterocycles. The standard InChI is InChI=1S/C19H20ClN3O3/c1-11(12-5-4-6-13(20)7-12)21-10-18-22-15-9-17(26-3)16(25-2)8-14(15)19(24)23-18/h4-9,11,21H,10H2,1-3H3,(H,22,23,24)/p+1/t11-/m1/s1. The van der Waals surface area contributed by atoms with Crippen molar-refractivity contribution in [2.24, 2.45) is 0 Å². The molecule has 1 heterocycles. The SMILES string of the molecule is COc1cc2nc(C[NH2+][C@H](C)c3cccc(Cl)c3)[nH]c(=O)c2cc1OC. The van der Waals surface area contributed by atoms with Crippen molar-refractivity contribution >= 4 is 22.5 Å². The molecule has 6 nitrogen and oxygen atoms in total. The van der Waals surface area contributed by atoms with Crippen LogP contribution in [-0.4, -0.2) is 24.2 Å². The zero-order valence-corrected chi connectivity index (χ0v) is 15.6. The molecular weight excluding hydrogens is 354 g/mol. The number of fused-ring (bicyclic) bond motifs is 1. The number of hydrogen-bond acceptors (Lipinski definition) is 4. The second-order valence-electron chi connectivity index (χ2n) is 6.02. The van der Waals surface area contributed by atoms with Crippen LogP contribution < -0.4 is 20.3 Å². The topological polar surface area (TPSA) is 80.8 Å². The van der Waals surface area contributed by atoms with E-state index in [9.17, 15) is 4.79 Å². The zero-order chi connectivity index (χ0) is 18.7. The second kappa shape index (κ2) is 7.76. The molecule has 2 aromatic carbocycles. The summed E-state index contributed by atoms with van der Waals surface area (Å²) in [6.45, 7) is 2.62. The van der Waals surface area contributed by atoms with Crippen molar-refractivity contribution in [3.8, 4) is 11.5 Å². The van der Waals surface area contributed by atoms with Crippen molar-refractivity contribution in [1.29, 1.82) is 0 Å². The molecule has 0 bridgehead atoms. The number of nitrogens with one attached hydrogen (secondary N) is 1. The Labute approximate surface area is 156 Å². The van der Waals surface area contributed by atoms with Crippen LogP contribution in [0.4, 0.5) is 0 Å². The van der Waals surface area contributed by atoms with Gasteiger partial charge in [-0.25, -0.2) is 4.98 Å². The third-order valence-electron chi connectivity index (χ3n) is 4.30. The number of methoxy groups -OCH3 is 2. The highest BCUT2D eigenvalue weighted by atomic mass is 35.5. The number of rotatable bonds is 6. The number of ether oxygens (including phenoxy) is 2. The third kappa shape index (κ3) is 3.81. The predicted octanol–water partition coefficient (Wildman–Crippen LogP) is 2.42. The van der Waals surface area contributed by atoms with Gasteiger partial charge in [-0.3, -0.25) is 4.79 Å². The Morgan fingerprint density at radius 1 is 1.19 bits per heavy atom. The van der Waals surface area contributed by atoms with Crippen LogP contribution in [0.5, 0.6) is 11.5 Å². The molecular formula is C19H21ClN3O3+. The predicted molar refractivity (Wildman–Crippen MR) is 101 cm³/mol. The van der Waals surface area contributed by atoms with Gasteiger partial charge in [0.25, 0.3) is 5.56 Å². The molecule has 0 amide bonds. The maximum atomic E-state index is 12.4. The number of aromatic amines is 1. The maximum absolute atomic E-state index is 12.4. The fraction of sp³-hybridized carbons (Fsp3) is 0.263. The summed E-state index contributed by atoms with van der Waals surface area (Å²) in [5.41, 5.74) is 1.49. The van der Waals surface area contributed by atoms with E-state index < -0.39 is 0 Å². The summed E-state index contributed by atoms with van der Waals surface area (Å²) in [6, 6.07) is 11.3. The van der Waals surface area contributed by atoms with E-state index in [1.165, 1.54) is 7.11 Å². The van der Waals surface area contributed by atoms with Crippen molar-refractivity contribution in [3.63, 3.8) is 0 Å². The summed E-state index contributed by atoms with van der Waals surface area (Å²) in [4.78, 5) is 19.8. The van der Waals surface area contributed by atoms with Gasteiger partial charge in [-0.15, -0.1) is 0 Å². The van der Waals surface area contributed by atoms with Crippen LogP contribution in [-0.2, 0) is 6.54 Å². The molecule has 3 aromatic rings. The van der Waals surface area contributed by atoms with Gasteiger partial charge >= 0.3 is 0 Å². The molecule has 0 saturated carbocycles. The molecule has 0 saturated heterocycles. The quantitative estimate of drug-likeness (QED) is 0.694. The van der Waals surface area contributed by atoms with Crippen molar-refractivity contribution in [2.45, 2.75) is 19.5 Å². The van der Waals surface area contributed by atoms with Crippen LogP contribution >= 0.6 is 11.6 Å². The molecule has 0 aliphatic rings. The van der Waals surface area contributed by atoms with Gasteiger partial charge in [0, 0.05) is 16.7 Å². The normalized spacial score (nSPS) is 12.2. The van der Waals surface area contributed by atoms with Gasteiger partial charge in [-0.05, 0) is 25.1 Å². The number of nitrogens with two attached hydrogens (primary N) is 1. The van der Waals surface area contributed by atoms with E-state index in [0.717, 1.165) is 5.56 Å². The smallest absolute Gasteiger partial charge is 0.259 e. The van der Waals surface area contributed by atoms with Gasteiger partial charge in [-0.1, -0.05) is 23.7 Å². The summed E-state index contributed by atoms with van der Waals surface area (Å²) in [5, 5.41) is 3.27. The van der Waals surface area contributed by atoms with Gasteiger partial charge in [0.1, 0.15) is 12.6 Å². The summed E-state index contributed by atoms with van der Waals surface area (Å²) in [7, 11) is 3.09. The van der Waals surface area contributed by atoms with Crippen LogP contribution in [0.15, 0.2) is 41.2 Å². The number of halogens is 1. The fourth-order valence-corrected chi connectivity index (χ4v) is 3.02. The largest absolute Gasteiger partial charge is 0.493 e. The van der Waals surface area contributed by atoms with Crippen molar-refractivity contribution in [1.82, 2.24) is 9.97 Å². The molecule has 26 heavy (non-hydrogen) atoms. The monoisotopic (exact) mass is 374 g/mol. The number of quaternary nitrogens is 1. The molecule has 3 N–H and O–H groups in total. The molecule has 0 fully saturated rings. The molecule has 0 radical (unpaired) electrons. The van der Waals surface area contributed by atoms with E-state index in [1.54, 1.807) is 19.2 Å². The Morgan fingerprint density at radius 3 is 2.62 bits per heavy atom. The van der Waals surface area contributed by atoms with E-state index >= 15 is 0 Å². The van der Waals surface area contributed by atoms with Gasteiger partial charge in [0.05, 0.1) is 25.1 Å². The lowest BCUT2D eigenvalue weighted by atomic mass is 10.1. The Hall–Kier alpha value is -2.57. The molecule has 0 unspecified atom stereocenters. The first-order chi connectivity index (χ1) is 12.5. The number of aromatic nitrogens is 2. The van der Waals surface area contributed by atoms with Crippen LogP contribution in [0.1, 0.15) is 24.4 Å². The highest BCUT2D eigenvalue weighted by Gasteiger charge is 2.13. The Morgan fingerprint density at radius 2 is 1.92 bits per heavy atom. The Balaban J connectivity index is 1.85. The highest BCUT2D eigenvalue weighted by molar-refractivity contribution is 6.30. The van der Waals surface area contributed by atoms with Crippen LogP contribution in [0, 0.1) is 0 Å². The van der Waals surface area contributed by atoms with Gasteiger partial charge < -0.3 is 19.8 Å². The molecule has 0 aliphatic heterocycles. The molecule has 7 heteroatoms. The summed E-state index contributed by atoms with van der Waals surface area (Å²) in [5.74, 6) is 1.64. The minimum absolute atomic E-state index is 0.181. The molecule has 0 aliphatic carbocycles. The molecule has 136 valence electrons. The van der Waals surface area contributed by atoms with E-state index in [4.69, 9.17) is 21.1 Å². The van der Waals surface area contributed by atoms with E-state index in [1.807, 2.05) is 24.3 Å². The molecule has 3 rings (SSSR count). The average Bonchev–Trinajstić information content (AvgIpc) is 2.65. The minimum Gasteiger partial charge on any atom is -0.493 e. The molecule has 1 atom stereocenters. The fourth-order valence-electron chi connectivity index (χ4n) is 2.83. The molecule has 0 spiro atoms. The number of nitrogens with zero attached hydrogens (tertiary/aromatic N) is 1. The third-order valence-corrected chi connectivity index (χ3v) is 4.53. The highest BCUT2D eigenvalue weighted by Crippen LogP contribution is 2.29. The van der Waals surface area contributed by atoms with Gasteiger partial charge in [-0.2, -0.15) is 0 Å². The Bertz CT molecular complexity index is 987. The van der Waals surface area contributed by atoms with Crippen molar-refractivity contribution in [2.75, 3.05) is 14.2 Å². The van der Waals surface area contributed by atoms with Gasteiger partial charge in [0.15, 0.2) is 17.3 Å². The van der Waals surface area contributed by atoms with Gasteiger partial charge in [0.2, 0.25) is 0 Å². The van der Waals surface area contributed by atoms with Crippen molar-refractivity contribution in [3.05, 3.63) is 63.2 Å². The zero-order valence-electron chi connectivity index (χ0n) is 14.9.